The van der Waals surface area contributed by atoms with E-state index in [1.165, 1.54) is 0 Å². The van der Waals surface area contributed by atoms with Crippen LogP contribution < -0.4 is 0 Å². The fourth-order valence-corrected chi connectivity index (χ4v) is 1.32. The number of methoxy groups -OCH3 is 1. The Kier molecular flexibility index (Phi) is 7.60. The quantitative estimate of drug-likeness (QED) is 0.386. The lowest BCUT2D eigenvalue weighted by molar-refractivity contribution is -0.196. The first-order valence-corrected chi connectivity index (χ1v) is 6.94. The number of carbonyl (C=O) groups excluding carboxylic acids is 1. The van der Waals surface area contributed by atoms with E-state index in [-0.39, 0.29) is 11.4 Å². The molecule has 4 nitrogen and oxygen atoms in total. The second-order valence-electron chi connectivity index (χ2n) is 6.70. The molecule has 0 aromatic heterocycles. The third-order valence-corrected chi connectivity index (χ3v) is 3.05. The van der Waals surface area contributed by atoms with E-state index in [9.17, 15) is 4.79 Å². The third kappa shape index (κ3) is 8.22. The Labute approximate surface area is 117 Å². The highest BCUT2D eigenvalue weighted by atomic mass is 16.7. The Hall–Kier alpha value is -0.610. The highest BCUT2D eigenvalue weighted by Gasteiger charge is 2.31. The summed E-state index contributed by atoms with van der Waals surface area (Å²) in [6.07, 6.45) is 0.905. The number of esters is 1. The Morgan fingerprint density at radius 1 is 1.11 bits per heavy atom. The molecule has 0 bridgehead atoms. The Bertz CT molecular complexity index is 266. The first-order valence-electron chi connectivity index (χ1n) is 6.94. The van der Waals surface area contributed by atoms with Crippen LogP contribution in [0.5, 0.6) is 0 Å². The zero-order chi connectivity index (χ0) is 15.1. The number of hydrogen-bond acceptors (Lipinski definition) is 4. The molecule has 0 aromatic rings. The van der Waals surface area contributed by atoms with Gasteiger partial charge in [-0.05, 0) is 25.7 Å². The van der Waals surface area contributed by atoms with Crippen LogP contribution in [0.3, 0.4) is 0 Å². The van der Waals surface area contributed by atoms with Crippen molar-refractivity contribution < 1.29 is 19.0 Å². The van der Waals surface area contributed by atoms with Crippen LogP contribution in [0.25, 0.3) is 0 Å². The first kappa shape index (κ1) is 18.4. The molecule has 0 N–H and O–H groups in total. The van der Waals surface area contributed by atoms with Crippen LogP contribution in [0.2, 0.25) is 0 Å². The summed E-state index contributed by atoms with van der Waals surface area (Å²) in [5.41, 5.74) is -0.435. The highest BCUT2D eigenvalue weighted by molar-refractivity contribution is 5.75. The molecule has 0 aliphatic rings. The zero-order valence-corrected chi connectivity index (χ0v) is 13.5. The topological polar surface area (TPSA) is 44.8 Å². The Morgan fingerprint density at radius 3 is 2.11 bits per heavy atom. The molecule has 0 aliphatic heterocycles. The van der Waals surface area contributed by atoms with Crippen LogP contribution >= 0.6 is 0 Å². The van der Waals surface area contributed by atoms with Gasteiger partial charge in [-0.3, -0.25) is 4.79 Å². The maximum absolute atomic E-state index is 12.1. The smallest absolute Gasteiger partial charge is 0.313 e. The minimum Gasteiger partial charge on any atom is -0.435 e. The Morgan fingerprint density at radius 2 is 1.68 bits per heavy atom. The molecule has 0 saturated heterocycles. The molecule has 0 fully saturated rings. The van der Waals surface area contributed by atoms with E-state index in [1.807, 2.05) is 20.8 Å². The standard InChI is InChI=1S/C15H30O4/c1-8-15(5,6)13(16)19-12(11-14(2,3)4)18-10-9-17-7/h12H,8-11H2,1-7H3. The van der Waals surface area contributed by atoms with Gasteiger partial charge in [0.25, 0.3) is 0 Å². The van der Waals surface area contributed by atoms with Crippen molar-refractivity contribution in [1.82, 2.24) is 0 Å². The summed E-state index contributed by atoms with van der Waals surface area (Å²) >= 11 is 0. The molecule has 1 atom stereocenters. The van der Waals surface area contributed by atoms with Crippen molar-refractivity contribution in [2.75, 3.05) is 20.3 Å². The lowest BCUT2D eigenvalue weighted by Crippen LogP contribution is -2.34. The van der Waals surface area contributed by atoms with Gasteiger partial charge in [-0.15, -0.1) is 0 Å². The van der Waals surface area contributed by atoms with Gasteiger partial charge in [0.15, 0.2) is 0 Å². The molecule has 0 radical (unpaired) electrons. The van der Waals surface area contributed by atoms with Crippen LogP contribution in [-0.2, 0) is 19.0 Å². The predicted molar refractivity (Wildman–Crippen MR) is 75.9 cm³/mol. The van der Waals surface area contributed by atoms with Gasteiger partial charge in [0.2, 0.25) is 6.29 Å². The van der Waals surface area contributed by atoms with Crippen molar-refractivity contribution in [2.45, 2.75) is 60.7 Å². The summed E-state index contributed by atoms with van der Waals surface area (Å²) < 4.78 is 16.1. The molecule has 0 aromatic carbocycles. The molecule has 0 saturated carbocycles. The van der Waals surface area contributed by atoms with Crippen LogP contribution in [0.1, 0.15) is 54.4 Å². The molecule has 0 aliphatic carbocycles. The highest BCUT2D eigenvalue weighted by Crippen LogP contribution is 2.27. The minimum absolute atomic E-state index is 0.0361. The number of carbonyl (C=O) groups is 1. The van der Waals surface area contributed by atoms with E-state index < -0.39 is 11.7 Å². The molecule has 0 spiro atoms. The lowest BCUT2D eigenvalue weighted by atomic mass is 9.90. The summed E-state index contributed by atoms with van der Waals surface area (Å²) in [5.74, 6) is -0.207. The van der Waals surface area contributed by atoms with Gasteiger partial charge in [-0.25, -0.2) is 0 Å². The van der Waals surface area contributed by atoms with Crippen molar-refractivity contribution >= 4 is 5.97 Å². The van der Waals surface area contributed by atoms with E-state index in [0.29, 0.717) is 19.6 Å². The van der Waals surface area contributed by atoms with Crippen LogP contribution in [0.4, 0.5) is 0 Å². The molecule has 0 rings (SSSR count). The predicted octanol–water partition coefficient (Wildman–Crippen LogP) is 3.39. The molecule has 1 unspecified atom stereocenters. The van der Waals surface area contributed by atoms with Gasteiger partial charge in [-0.1, -0.05) is 27.7 Å². The average molecular weight is 274 g/mol. The summed E-state index contributed by atoms with van der Waals surface area (Å²) in [7, 11) is 1.62. The lowest BCUT2D eigenvalue weighted by Gasteiger charge is -2.29. The van der Waals surface area contributed by atoms with Crippen molar-refractivity contribution in [3.63, 3.8) is 0 Å². The second-order valence-corrected chi connectivity index (χ2v) is 6.70. The van der Waals surface area contributed by atoms with Crippen molar-refractivity contribution in [3.05, 3.63) is 0 Å². The summed E-state index contributed by atoms with van der Waals surface area (Å²) in [4.78, 5) is 12.1. The van der Waals surface area contributed by atoms with Crippen molar-refractivity contribution in [3.8, 4) is 0 Å². The molecule has 0 heterocycles. The summed E-state index contributed by atoms with van der Waals surface area (Å²) in [6.45, 7) is 13.0. The minimum atomic E-state index is -0.506. The number of ether oxygens (including phenoxy) is 3. The number of rotatable bonds is 8. The second kappa shape index (κ2) is 7.85. The van der Waals surface area contributed by atoms with Crippen LogP contribution in [0.15, 0.2) is 0 Å². The summed E-state index contributed by atoms with van der Waals surface area (Å²) in [6, 6.07) is 0. The van der Waals surface area contributed by atoms with E-state index in [0.717, 1.165) is 6.42 Å². The third-order valence-electron chi connectivity index (χ3n) is 3.05. The monoisotopic (exact) mass is 274 g/mol. The zero-order valence-electron chi connectivity index (χ0n) is 13.5. The van der Waals surface area contributed by atoms with Gasteiger partial charge in [0.05, 0.1) is 18.6 Å². The van der Waals surface area contributed by atoms with Crippen LogP contribution in [0, 0.1) is 10.8 Å². The van der Waals surface area contributed by atoms with E-state index in [1.54, 1.807) is 7.11 Å². The molecular formula is C15H30O4. The largest absolute Gasteiger partial charge is 0.435 e. The fraction of sp³-hybridized carbons (Fsp3) is 0.933. The van der Waals surface area contributed by atoms with Crippen LogP contribution in [-0.4, -0.2) is 32.6 Å². The van der Waals surface area contributed by atoms with E-state index in [4.69, 9.17) is 14.2 Å². The molecule has 0 amide bonds. The molecule has 4 heteroatoms. The van der Waals surface area contributed by atoms with Gasteiger partial charge in [0, 0.05) is 13.5 Å². The van der Waals surface area contributed by atoms with Gasteiger partial charge >= 0.3 is 5.97 Å². The van der Waals surface area contributed by atoms with Gasteiger partial charge in [0.1, 0.15) is 0 Å². The van der Waals surface area contributed by atoms with E-state index in [2.05, 4.69) is 20.8 Å². The molecular weight excluding hydrogens is 244 g/mol. The van der Waals surface area contributed by atoms with E-state index >= 15 is 0 Å². The van der Waals surface area contributed by atoms with Gasteiger partial charge in [-0.2, -0.15) is 0 Å². The maximum atomic E-state index is 12.1. The Balaban J connectivity index is 4.53. The molecule has 114 valence electrons. The normalized spacial score (nSPS) is 14.3. The molecule has 19 heavy (non-hydrogen) atoms. The van der Waals surface area contributed by atoms with Crippen molar-refractivity contribution in [2.24, 2.45) is 10.8 Å². The summed E-state index contributed by atoms with van der Waals surface area (Å²) in [5, 5.41) is 0. The first-order chi connectivity index (χ1) is 8.62. The average Bonchev–Trinajstić information content (AvgIpc) is 2.27. The van der Waals surface area contributed by atoms with Gasteiger partial charge < -0.3 is 14.2 Å². The fourth-order valence-electron chi connectivity index (χ4n) is 1.32. The SMILES string of the molecule is CCC(C)(C)C(=O)OC(CC(C)(C)C)OCCOC. The van der Waals surface area contributed by atoms with Crippen molar-refractivity contribution in [1.29, 1.82) is 0 Å². The maximum Gasteiger partial charge on any atom is 0.313 e. The number of hydrogen-bond donors (Lipinski definition) is 0.